The standard InChI is InChI=1S/C16H17N3O4S/c1-8-7-24-15-11(14(21)19(15)12(8)16(22)23)18-13(20)10(17)9-5-3-2-4-6-9/h2-6,10-11,15H,7,17H2,1H3,(H,18,20)(H,22,23)/t10-,11?,15?/m1/s1. The zero-order valence-corrected chi connectivity index (χ0v) is 13.7. The minimum Gasteiger partial charge on any atom is -0.477 e. The largest absolute Gasteiger partial charge is 0.477 e. The number of thioether (sulfide) groups is 1. The first kappa shape index (κ1) is 16.5. The molecule has 0 saturated carbocycles. The lowest BCUT2D eigenvalue weighted by Gasteiger charge is -2.49. The van der Waals surface area contributed by atoms with Crippen molar-refractivity contribution >= 4 is 29.5 Å². The van der Waals surface area contributed by atoms with E-state index >= 15 is 0 Å². The highest BCUT2D eigenvalue weighted by atomic mass is 32.2. The number of carbonyl (C=O) groups excluding carboxylic acids is 2. The van der Waals surface area contributed by atoms with Gasteiger partial charge in [0.2, 0.25) is 5.91 Å². The molecular weight excluding hydrogens is 330 g/mol. The summed E-state index contributed by atoms with van der Waals surface area (Å²) in [5.41, 5.74) is 7.24. The number of rotatable bonds is 4. The van der Waals surface area contributed by atoms with Crippen molar-refractivity contribution in [2.24, 2.45) is 5.73 Å². The molecular formula is C16H17N3O4S. The molecule has 0 aromatic heterocycles. The van der Waals surface area contributed by atoms with Gasteiger partial charge >= 0.3 is 5.97 Å². The van der Waals surface area contributed by atoms with Gasteiger partial charge in [0.15, 0.2) is 0 Å². The second kappa shape index (κ2) is 6.29. The van der Waals surface area contributed by atoms with Gasteiger partial charge in [0.05, 0.1) is 0 Å². The Kier molecular flexibility index (Phi) is 4.33. The maximum Gasteiger partial charge on any atom is 0.352 e. The summed E-state index contributed by atoms with van der Waals surface area (Å²) in [6.07, 6.45) is 0. The SMILES string of the molecule is CC1=C(C(=O)O)N2C(=O)C(NC(=O)[C@H](N)c3ccccc3)C2SC1. The predicted octanol–water partition coefficient (Wildman–Crippen LogP) is 0.445. The van der Waals surface area contributed by atoms with Crippen molar-refractivity contribution in [3.63, 3.8) is 0 Å². The summed E-state index contributed by atoms with van der Waals surface area (Å²) in [6, 6.07) is 7.23. The molecule has 3 atom stereocenters. The Morgan fingerprint density at radius 3 is 2.67 bits per heavy atom. The summed E-state index contributed by atoms with van der Waals surface area (Å²) in [5, 5.41) is 11.5. The molecule has 3 rings (SSSR count). The van der Waals surface area contributed by atoms with Crippen LogP contribution in [0.4, 0.5) is 0 Å². The third kappa shape index (κ3) is 2.67. The van der Waals surface area contributed by atoms with Crippen molar-refractivity contribution < 1.29 is 19.5 Å². The number of β-lactam (4-membered cyclic amide) rings is 1. The monoisotopic (exact) mass is 347 g/mol. The van der Waals surface area contributed by atoms with Gasteiger partial charge in [-0.15, -0.1) is 11.8 Å². The van der Waals surface area contributed by atoms with E-state index in [0.29, 0.717) is 16.9 Å². The van der Waals surface area contributed by atoms with Gasteiger partial charge in [0.25, 0.3) is 5.91 Å². The number of amides is 2. The number of nitrogens with zero attached hydrogens (tertiary/aromatic N) is 1. The van der Waals surface area contributed by atoms with Gasteiger partial charge in [-0.2, -0.15) is 0 Å². The molecule has 4 N–H and O–H groups in total. The Morgan fingerprint density at radius 1 is 1.38 bits per heavy atom. The van der Waals surface area contributed by atoms with Gasteiger partial charge in [-0.3, -0.25) is 14.5 Å². The lowest BCUT2D eigenvalue weighted by molar-refractivity contribution is -0.150. The first-order valence-corrected chi connectivity index (χ1v) is 8.45. The number of hydrogen-bond donors (Lipinski definition) is 3. The summed E-state index contributed by atoms with van der Waals surface area (Å²) in [7, 11) is 0. The van der Waals surface area contributed by atoms with Crippen LogP contribution in [0.15, 0.2) is 41.6 Å². The zero-order valence-electron chi connectivity index (χ0n) is 12.9. The molecule has 7 nitrogen and oxygen atoms in total. The van der Waals surface area contributed by atoms with E-state index in [1.165, 1.54) is 16.7 Å². The highest BCUT2D eigenvalue weighted by molar-refractivity contribution is 8.00. The Labute approximate surface area is 142 Å². The number of nitrogens with one attached hydrogen (secondary N) is 1. The summed E-state index contributed by atoms with van der Waals surface area (Å²) < 4.78 is 0. The van der Waals surface area contributed by atoms with Crippen LogP contribution in [0.2, 0.25) is 0 Å². The number of carboxylic acids is 1. The van der Waals surface area contributed by atoms with Crippen molar-refractivity contribution in [2.75, 3.05) is 5.75 Å². The summed E-state index contributed by atoms with van der Waals surface area (Å²) >= 11 is 1.43. The number of aliphatic carboxylic acids is 1. The highest BCUT2D eigenvalue weighted by Gasteiger charge is 2.53. The van der Waals surface area contributed by atoms with Crippen LogP contribution < -0.4 is 11.1 Å². The Bertz CT molecular complexity index is 734. The molecule has 24 heavy (non-hydrogen) atoms. The summed E-state index contributed by atoms with van der Waals surface area (Å²) in [6.45, 7) is 1.69. The van der Waals surface area contributed by atoms with Crippen LogP contribution in [-0.2, 0) is 14.4 Å². The average Bonchev–Trinajstić information content (AvgIpc) is 2.59. The molecule has 0 aliphatic carbocycles. The van der Waals surface area contributed by atoms with Crippen molar-refractivity contribution in [2.45, 2.75) is 24.4 Å². The number of carboxylic acid groups (broad SMARTS) is 1. The van der Waals surface area contributed by atoms with E-state index in [4.69, 9.17) is 5.73 Å². The topological polar surface area (TPSA) is 113 Å². The smallest absolute Gasteiger partial charge is 0.352 e. The Balaban J connectivity index is 1.71. The van der Waals surface area contributed by atoms with E-state index in [2.05, 4.69) is 5.32 Å². The van der Waals surface area contributed by atoms with E-state index in [1.807, 2.05) is 6.07 Å². The predicted molar refractivity (Wildman–Crippen MR) is 88.7 cm³/mol. The maximum atomic E-state index is 12.3. The van der Waals surface area contributed by atoms with E-state index in [1.54, 1.807) is 31.2 Å². The molecule has 1 saturated heterocycles. The van der Waals surface area contributed by atoms with Gasteiger partial charge in [0.1, 0.15) is 23.2 Å². The molecule has 126 valence electrons. The number of carbonyl (C=O) groups is 3. The molecule has 2 aliphatic heterocycles. The van der Waals surface area contributed by atoms with Gasteiger partial charge in [-0.25, -0.2) is 4.79 Å². The average molecular weight is 347 g/mol. The van der Waals surface area contributed by atoms with Gasteiger partial charge < -0.3 is 16.2 Å². The normalized spacial score (nSPS) is 24.1. The van der Waals surface area contributed by atoms with E-state index < -0.39 is 35.2 Å². The second-order valence-electron chi connectivity index (χ2n) is 5.72. The first-order valence-electron chi connectivity index (χ1n) is 7.40. The molecule has 1 fully saturated rings. The summed E-state index contributed by atoms with van der Waals surface area (Å²) in [4.78, 5) is 37.2. The van der Waals surface area contributed by atoms with Crippen molar-refractivity contribution in [3.8, 4) is 0 Å². The van der Waals surface area contributed by atoms with Crippen molar-refractivity contribution in [1.29, 1.82) is 0 Å². The first-order chi connectivity index (χ1) is 11.4. The summed E-state index contributed by atoms with van der Waals surface area (Å²) in [5.74, 6) is -1.50. The Morgan fingerprint density at radius 2 is 2.04 bits per heavy atom. The van der Waals surface area contributed by atoms with Crippen molar-refractivity contribution in [1.82, 2.24) is 10.2 Å². The van der Waals surface area contributed by atoms with E-state index in [-0.39, 0.29) is 5.70 Å². The number of hydrogen-bond acceptors (Lipinski definition) is 5. The molecule has 0 bridgehead atoms. The number of fused-ring (bicyclic) bond motifs is 1. The van der Waals surface area contributed by atoms with Crippen LogP contribution in [0.3, 0.4) is 0 Å². The van der Waals surface area contributed by atoms with Crippen LogP contribution in [0.5, 0.6) is 0 Å². The molecule has 2 heterocycles. The zero-order chi connectivity index (χ0) is 17.4. The fourth-order valence-electron chi connectivity index (χ4n) is 2.83. The van der Waals surface area contributed by atoms with Crippen LogP contribution >= 0.6 is 11.8 Å². The minimum absolute atomic E-state index is 0.0154. The van der Waals surface area contributed by atoms with Crippen LogP contribution in [-0.4, -0.2) is 45.0 Å². The van der Waals surface area contributed by atoms with E-state index in [0.717, 1.165) is 0 Å². The van der Waals surface area contributed by atoms with Gasteiger partial charge in [-0.1, -0.05) is 30.3 Å². The molecule has 2 aliphatic rings. The number of nitrogens with two attached hydrogens (primary N) is 1. The second-order valence-corrected chi connectivity index (χ2v) is 6.82. The fraction of sp³-hybridized carbons (Fsp3) is 0.312. The maximum absolute atomic E-state index is 12.3. The lowest BCUT2D eigenvalue weighted by Crippen LogP contribution is -2.71. The van der Waals surface area contributed by atoms with E-state index in [9.17, 15) is 19.5 Å². The Hall–Kier alpha value is -2.32. The highest BCUT2D eigenvalue weighted by Crippen LogP contribution is 2.40. The molecule has 8 heteroatoms. The van der Waals surface area contributed by atoms with Gasteiger partial charge in [-0.05, 0) is 18.1 Å². The molecule has 2 amide bonds. The molecule has 2 unspecified atom stereocenters. The quantitative estimate of drug-likeness (QED) is 0.682. The van der Waals surface area contributed by atoms with Crippen molar-refractivity contribution in [3.05, 3.63) is 47.2 Å². The molecule has 1 aromatic carbocycles. The van der Waals surface area contributed by atoms with Crippen LogP contribution in [0.25, 0.3) is 0 Å². The van der Waals surface area contributed by atoms with Crippen LogP contribution in [0, 0.1) is 0 Å². The molecule has 1 aromatic rings. The third-order valence-electron chi connectivity index (χ3n) is 4.10. The van der Waals surface area contributed by atoms with Gasteiger partial charge in [0, 0.05) is 5.75 Å². The van der Waals surface area contributed by atoms with Crippen LogP contribution in [0.1, 0.15) is 18.5 Å². The minimum atomic E-state index is -1.13. The molecule has 0 radical (unpaired) electrons. The third-order valence-corrected chi connectivity index (χ3v) is 5.52. The molecule has 0 spiro atoms. The fourth-order valence-corrected chi connectivity index (χ4v) is 4.12. The lowest BCUT2D eigenvalue weighted by atomic mass is 10.0. The number of benzene rings is 1.